The van der Waals surface area contributed by atoms with Crippen molar-refractivity contribution >= 4 is 33.2 Å². The van der Waals surface area contributed by atoms with Crippen LogP contribution in [0, 0.1) is 0 Å². The topological polar surface area (TPSA) is 64.0 Å². The molecule has 1 heterocycles. The number of hydrogen-bond acceptors (Lipinski definition) is 3. The monoisotopic (exact) mass is 319 g/mol. The van der Waals surface area contributed by atoms with Crippen molar-refractivity contribution in [3.63, 3.8) is 0 Å². The van der Waals surface area contributed by atoms with E-state index in [1.807, 2.05) is 0 Å². The van der Waals surface area contributed by atoms with Gasteiger partial charge >= 0.3 is 0 Å². The van der Waals surface area contributed by atoms with Gasteiger partial charge in [-0.1, -0.05) is 30.1 Å². The molecule has 1 N–H and O–H groups in total. The molecule has 1 aromatic carbocycles. The number of nitrogens with one attached hydrogen (secondary N) is 1. The molecule has 2 rings (SSSR count). The molecule has 19 heavy (non-hydrogen) atoms. The van der Waals surface area contributed by atoms with Gasteiger partial charge in [-0.2, -0.15) is 5.10 Å². The molecule has 102 valence electrons. The molecule has 2 aromatic rings. The number of rotatable bonds is 4. The summed E-state index contributed by atoms with van der Waals surface area (Å²) in [6.07, 6.45) is 1.40. The van der Waals surface area contributed by atoms with Crippen LogP contribution < -0.4 is 4.72 Å². The van der Waals surface area contributed by atoms with Crippen LogP contribution in [0.4, 0.5) is 0 Å². The molecule has 0 radical (unpaired) electrons. The molecule has 8 heteroatoms. The second-order valence-corrected chi connectivity index (χ2v) is 6.24. The Kier molecular flexibility index (Phi) is 4.15. The summed E-state index contributed by atoms with van der Waals surface area (Å²) in [5.41, 5.74) is 0.451. The van der Waals surface area contributed by atoms with Crippen molar-refractivity contribution in [2.45, 2.75) is 11.9 Å². The summed E-state index contributed by atoms with van der Waals surface area (Å²) in [6.45, 7) is 2.00. The van der Waals surface area contributed by atoms with Gasteiger partial charge < -0.3 is 0 Å². The molecule has 1 aromatic heterocycles. The number of benzene rings is 1. The van der Waals surface area contributed by atoms with E-state index < -0.39 is 10.0 Å². The highest BCUT2D eigenvalue weighted by atomic mass is 35.5. The fourth-order valence-corrected chi connectivity index (χ4v) is 3.22. The summed E-state index contributed by atoms with van der Waals surface area (Å²) >= 11 is 11.9. The Morgan fingerprint density at radius 2 is 2.05 bits per heavy atom. The maximum absolute atomic E-state index is 12.0. The minimum Gasteiger partial charge on any atom is -0.219 e. The van der Waals surface area contributed by atoms with Crippen LogP contribution in [0.5, 0.6) is 0 Å². The molecule has 0 saturated heterocycles. The largest absolute Gasteiger partial charge is 0.258 e. The minimum atomic E-state index is -3.61. The Balaban J connectivity index is 2.57. The Bertz CT molecular complexity index is 698. The van der Waals surface area contributed by atoms with Crippen LogP contribution in [0.25, 0.3) is 5.69 Å². The first-order chi connectivity index (χ1) is 8.95. The predicted octanol–water partition coefficient (Wildman–Crippen LogP) is 2.48. The van der Waals surface area contributed by atoms with Crippen molar-refractivity contribution in [3.05, 3.63) is 40.5 Å². The maximum atomic E-state index is 12.0. The van der Waals surface area contributed by atoms with Gasteiger partial charge in [0.2, 0.25) is 0 Å². The van der Waals surface area contributed by atoms with E-state index in [0.717, 1.165) is 0 Å². The van der Waals surface area contributed by atoms with Crippen LogP contribution in [0.15, 0.2) is 35.5 Å². The number of hydrogen-bond donors (Lipinski definition) is 1. The van der Waals surface area contributed by atoms with Gasteiger partial charge in [0.05, 0.1) is 16.9 Å². The van der Waals surface area contributed by atoms with E-state index in [1.165, 1.54) is 23.0 Å². The molecule has 0 spiro atoms. The third kappa shape index (κ3) is 2.92. The summed E-state index contributed by atoms with van der Waals surface area (Å²) in [5, 5.41) is 4.81. The van der Waals surface area contributed by atoms with Gasteiger partial charge in [-0.15, -0.1) is 0 Å². The lowest BCUT2D eigenvalue weighted by Gasteiger charge is -2.10. The van der Waals surface area contributed by atoms with Crippen molar-refractivity contribution in [1.29, 1.82) is 0 Å². The number of halogens is 2. The zero-order valence-corrected chi connectivity index (χ0v) is 12.3. The SMILES string of the molecule is CCNS(=O)(=O)c1ccnn1-c1ccc(Cl)cc1Cl. The fourth-order valence-electron chi connectivity index (χ4n) is 1.59. The maximum Gasteiger partial charge on any atom is 0.258 e. The average molecular weight is 320 g/mol. The van der Waals surface area contributed by atoms with E-state index in [9.17, 15) is 8.42 Å². The van der Waals surface area contributed by atoms with E-state index >= 15 is 0 Å². The highest BCUT2D eigenvalue weighted by molar-refractivity contribution is 7.89. The normalized spacial score (nSPS) is 11.7. The van der Waals surface area contributed by atoms with Gasteiger partial charge in [-0.3, -0.25) is 0 Å². The molecular formula is C11H11Cl2N3O2S. The van der Waals surface area contributed by atoms with Gasteiger partial charge in [0, 0.05) is 11.6 Å². The highest BCUT2D eigenvalue weighted by Crippen LogP contribution is 2.26. The second-order valence-electron chi connectivity index (χ2n) is 3.68. The molecule has 0 atom stereocenters. The Labute approximate surface area is 121 Å². The van der Waals surface area contributed by atoms with Crippen molar-refractivity contribution in [3.8, 4) is 5.69 Å². The van der Waals surface area contributed by atoms with Crippen molar-refractivity contribution in [2.75, 3.05) is 6.54 Å². The van der Waals surface area contributed by atoms with Crippen molar-refractivity contribution in [1.82, 2.24) is 14.5 Å². The molecule has 0 aliphatic rings. The van der Waals surface area contributed by atoms with Gasteiger partial charge in [-0.25, -0.2) is 17.8 Å². The molecule has 5 nitrogen and oxygen atoms in total. The fraction of sp³-hybridized carbons (Fsp3) is 0.182. The van der Waals surface area contributed by atoms with Crippen LogP contribution in [0.3, 0.4) is 0 Å². The first kappa shape index (κ1) is 14.3. The van der Waals surface area contributed by atoms with E-state index in [4.69, 9.17) is 23.2 Å². The van der Waals surface area contributed by atoms with Crippen molar-refractivity contribution in [2.24, 2.45) is 0 Å². The van der Waals surface area contributed by atoms with Crippen LogP contribution in [-0.2, 0) is 10.0 Å². The van der Waals surface area contributed by atoms with E-state index in [1.54, 1.807) is 19.1 Å². The van der Waals surface area contributed by atoms with Crippen molar-refractivity contribution < 1.29 is 8.42 Å². The van der Waals surface area contributed by atoms with E-state index in [-0.39, 0.29) is 5.03 Å². The lowest BCUT2D eigenvalue weighted by atomic mass is 10.3. The summed E-state index contributed by atoms with van der Waals surface area (Å²) in [5.74, 6) is 0. The van der Waals surface area contributed by atoms with Gasteiger partial charge in [-0.05, 0) is 24.3 Å². The molecular weight excluding hydrogens is 309 g/mol. The molecule has 0 fully saturated rings. The molecule has 0 aliphatic heterocycles. The quantitative estimate of drug-likeness (QED) is 0.941. The summed E-state index contributed by atoms with van der Waals surface area (Å²) in [6, 6.07) is 6.17. The van der Waals surface area contributed by atoms with Crippen LogP contribution in [-0.4, -0.2) is 24.7 Å². The summed E-state index contributed by atoms with van der Waals surface area (Å²) in [4.78, 5) is 0. The van der Waals surface area contributed by atoms with E-state index in [0.29, 0.717) is 22.3 Å². The molecule has 0 amide bonds. The Hall–Kier alpha value is -1.08. The molecule has 0 saturated carbocycles. The van der Waals surface area contributed by atoms with Gasteiger partial charge in [0.25, 0.3) is 10.0 Å². The molecule has 0 bridgehead atoms. The first-order valence-electron chi connectivity index (χ1n) is 5.45. The molecule has 0 aliphatic carbocycles. The zero-order valence-electron chi connectivity index (χ0n) is 9.97. The third-order valence-corrected chi connectivity index (χ3v) is 4.42. The number of nitrogens with zero attached hydrogens (tertiary/aromatic N) is 2. The zero-order chi connectivity index (χ0) is 14.0. The lowest BCUT2D eigenvalue weighted by molar-refractivity contribution is 0.573. The minimum absolute atomic E-state index is 0.0265. The van der Waals surface area contributed by atoms with Gasteiger partial charge in [0.1, 0.15) is 0 Å². The Morgan fingerprint density at radius 3 is 2.68 bits per heavy atom. The lowest BCUT2D eigenvalue weighted by Crippen LogP contribution is -2.25. The standard InChI is InChI=1S/C11H11Cl2N3O2S/c1-2-15-19(17,18)11-5-6-14-16(11)10-4-3-8(12)7-9(10)13/h3-7,15H,2H2,1H3. The third-order valence-electron chi connectivity index (χ3n) is 2.36. The van der Waals surface area contributed by atoms with Crippen LogP contribution in [0.1, 0.15) is 6.92 Å². The van der Waals surface area contributed by atoms with Crippen LogP contribution >= 0.6 is 23.2 Å². The Morgan fingerprint density at radius 1 is 1.32 bits per heavy atom. The summed E-state index contributed by atoms with van der Waals surface area (Å²) in [7, 11) is -3.61. The highest BCUT2D eigenvalue weighted by Gasteiger charge is 2.20. The van der Waals surface area contributed by atoms with E-state index in [2.05, 4.69) is 9.82 Å². The number of aromatic nitrogens is 2. The summed E-state index contributed by atoms with van der Waals surface area (Å²) < 4.78 is 27.7. The van der Waals surface area contributed by atoms with Gasteiger partial charge in [0.15, 0.2) is 5.03 Å². The smallest absolute Gasteiger partial charge is 0.219 e. The first-order valence-corrected chi connectivity index (χ1v) is 7.68. The second kappa shape index (κ2) is 5.50. The number of sulfonamides is 1. The average Bonchev–Trinajstić information content (AvgIpc) is 2.78. The predicted molar refractivity (Wildman–Crippen MR) is 74.4 cm³/mol. The molecule has 0 unspecified atom stereocenters. The van der Waals surface area contributed by atoms with Crippen LogP contribution in [0.2, 0.25) is 10.0 Å².